The van der Waals surface area contributed by atoms with Crippen LogP contribution in [0.5, 0.6) is 11.5 Å². The number of amides is 3. The molecule has 162 valence electrons. The Hall–Kier alpha value is -2.09. The van der Waals surface area contributed by atoms with Crippen LogP contribution in [0.3, 0.4) is 0 Å². The Morgan fingerprint density at radius 1 is 1.24 bits per heavy atom. The lowest BCUT2D eigenvalue weighted by atomic mass is 10.1. The number of nitrogens with zero attached hydrogens (tertiary/aromatic N) is 2. The minimum Gasteiger partial charge on any atom is -0.493 e. The third-order valence-corrected chi connectivity index (χ3v) is 6.35. The Morgan fingerprint density at radius 3 is 2.45 bits per heavy atom. The summed E-state index contributed by atoms with van der Waals surface area (Å²) in [4.78, 5) is 28.8. The first kappa shape index (κ1) is 23.2. The van der Waals surface area contributed by atoms with Crippen molar-refractivity contribution in [3.8, 4) is 11.5 Å². The maximum atomic E-state index is 12.9. The van der Waals surface area contributed by atoms with Crippen LogP contribution in [0.15, 0.2) is 18.2 Å². The van der Waals surface area contributed by atoms with Gasteiger partial charge in [0.15, 0.2) is 11.5 Å². The summed E-state index contributed by atoms with van der Waals surface area (Å²) in [7, 11) is 4.95. The molecule has 0 spiro atoms. The van der Waals surface area contributed by atoms with Crippen molar-refractivity contribution in [1.82, 2.24) is 15.1 Å². The lowest BCUT2D eigenvalue weighted by Gasteiger charge is -2.29. The summed E-state index contributed by atoms with van der Waals surface area (Å²) in [5.74, 6) is 1.41. The predicted octanol–water partition coefficient (Wildman–Crippen LogP) is 3.50. The highest BCUT2D eigenvalue weighted by Crippen LogP contribution is 2.45. The summed E-state index contributed by atoms with van der Waals surface area (Å²) in [5, 5.41) is 2.74. The molecular formula is C21H33N3O4S. The number of likely N-dealkylation sites (N-methyl/N-ethyl adjacent to an activating group) is 1. The number of thioether (sulfide) groups is 1. The molecule has 1 saturated heterocycles. The Labute approximate surface area is 178 Å². The lowest BCUT2D eigenvalue weighted by molar-refractivity contribution is -0.130. The molecule has 1 N–H and O–H groups in total. The number of hydrogen-bond donors (Lipinski definition) is 1. The van der Waals surface area contributed by atoms with Gasteiger partial charge < -0.3 is 24.6 Å². The summed E-state index contributed by atoms with van der Waals surface area (Å²) >= 11 is 1.64. The van der Waals surface area contributed by atoms with E-state index < -0.39 is 0 Å². The highest BCUT2D eigenvalue weighted by molar-refractivity contribution is 8.01. The number of ether oxygens (including phenoxy) is 2. The van der Waals surface area contributed by atoms with Crippen molar-refractivity contribution in [2.45, 2.75) is 50.3 Å². The van der Waals surface area contributed by atoms with Gasteiger partial charge in [-0.05, 0) is 44.9 Å². The minimum absolute atomic E-state index is 0.0817. The van der Waals surface area contributed by atoms with Gasteiger partial charge in [0.05, 0.1) is 19.5 Å². The smallest absolute Gasteiger partial charge is 0.317 e. The van der Waals surface area contributed by atoms with Crippen molar-refractivity contribution in [2.24, 2.45) is 0 Å². The molecule has 1 fully saturated rings. The van der Waals surface area contributed by atoms with Gasteiger partial charge in [0.25, 0.3) is 0 Å². The van der Waals surface area contributed by atoms with E-state index in [1.165, 1.54) is 0 Å². The topological polar surface area (TPSA) is 71.1 Å². The highest BCUT2D eigenvalue weighted by Gasteiger charge is 2.40. The molecule has 0 aromatic heterocycles. The fourth-order valence-corrected chi connectivity index (χ4v) is 4.54. The standard InChI is InChI=1S/C21H33N3O4S/c1-8-17-18(25)24(12-11-23(5)20(26)22-21(2,3)4)19(29-17)14-9-10-15(27-6)16(13-14)28-7/h9-10,13,17,19H,8,11-12H2,1-7H3,(H,22,26)/t17-,19+/m1/s1. The number of methoxy groups -OCH3 is 2. The molecule has 0 aliphatic carbocycles. The van der Waals surface area contributed by atoms with Crippen molar-refractivity contribution < 1.29 is 19.1 Å². The quantitative estimate of drug-likeness (QED) is 0.727. The first-order valence-electron chi connectivity index (χ1n) is 9.82. The van der Waals surface area contributed by atoms with E-state index in [4.69, 9.17) is 9.47 Å². The number of carbonyl (C=O) groups is 2. The number of urea groups is 1. The van der Waals surface area contributed by atoms with Crippen molar-refractivity contribution in [3.63, 3.8) is 0 Å². The maximum Gasteiger partial charge on any atom is 0.317 e. The number of benzene rings is 1. The molecule has 1 aromatic rings. The van der Waals surface area contributed by atoms with Crippen LogP contribution in [-0.2, 0) is 4.79 Å². The number of hydrogen-bond acceptors (Lipinski definition) is 5. The number of carbonyl (C=O) groups excluding carboxylic acids is 2. The monoisotopic (exact) mass is 423 g/mol. The summed E-state index contributed by atoms with van der Waals surface area (Å²) in [6.07, 6.45) is 0.768. The second kappa shape index (κ2) is 9.61. The Bertz CT molecular complexity index is 735. The van der Waals surface area contributed by atoms with Crippen LogP contribution in [0.2, 0.25) is 0 Å². The molecule has 1 aliphatic rings. The normalized spacial score (nSPS) is 19.3. The highest BCUT2D eigenvalue weighted by atomic mass is 32.2. The van der Waals surface area contributed by atoms with Gasteiger partial charge in [-0.15, -0.1) is 11.8 Å². The van der Waals surface area contributed by atoms with Crippen molar-refractivity contribution in [1.29, 1.82) is 0 Å². The van der Waals surface area contributed by atoms with Crippen molar-refractivity contribution >= 4 is 23.7 Å². The SMILES string of the molecule is CC[C@H]1S[C@@H](c2ccc(OC)c(OC)c2)N(CCN(C)C(=O)NC(C)(C)C)C1=O. The van der Waals surface area contributed by atoms with E-state index in [2.05, 4.69) is 5.32 Å². The van der Waals surface area contributed by atoms with Crippen LogP contribution in [-0.4, -0.2) is 66.9 Å². The molecule has 2 atom stereocenters. The summed E-state index contributed by atoms with van der Waals surface area (Å²) < 4.78 is 10.8. The Morgan fingerprint density at radius 2 is 1.90 bits per heavy atom. The van der Waals surface area contributed by atoms with Gasteiger partial charge in [-0.25, -0.2) is 4.79 Å². The molecule has 1 aliphatic heterocycles. The number of rotatable bonds is 7. The van der Waals surface area contributed by atoms with Crippen molar-refractivity contribution in [2.75, 3.05) is 34.4 Å². The zero-order valence-corrected chi connectivity index (χ0v) is 19.3. The first-order valence-corrected chi connectivity index (χ1v) is 10.8. The number of nitrogens with one attached hydrogen (secondary N) is 1. The van der Waals surface area contributed by atoms with Gasteiger partial charge >= 0.3 is 6.03 Å². The fourth-order valence-electron chi connectivity index (χ4n) is 3.13. The molecule has 1 heterocycles. The minimum atomic E-state index is -0.305. The van der Waals surface area contributed by atoms with Crippen LogP contribution in [0.1, 0.15) is 45.1 Å². The van der Waals surface area contributed by atoms with E-state index in [1.807, 2.05) is 50.8 Å². The molecule has 0 saturated carbocycles. The fraction of sp³-hybridized carbons (Fsp3) is 0.619. The second-order valence-electron chi connectivity index (χ2n) is 8.13. The molecule has 8 heteroatoms. The maximum absolute atomic E-state index is 12.9. The van der Waals surface area contributed by atoms with E-state index in [1.54, 1.807) is 37.9 Å². The van der Waals surface area contributed by atoms with E-state index in [-0.39, 0.29) is 28.1 Å². The van der Waals surface area contributed by atoms with E-state index in [9.17, 15) is 9.59 Å². The second-order valence-corrected chi connectivity index (χ2v) is 9.42. The van der Waals surface area contributed by atoms with Gasteiger partial charge in [0.2, 0.25) is 5.91 Å². The zero-order valence-electron chi connectivity index (χ0n) is 18.4. The summed E-state index contributed by atoms with van der Waals surface area (Å²) in [6.45, 7) is 8.77. The van der Waals surface area contributed by atoms with Crippen LogP contribution in [0.25, 0.3) is 0 Å². The van der Waals surface area contributed by atoms with Crippen LogP contribution in [0.4, 0.5) is 4.79 Å². The molecule has 2 rings (SSSR count). The molecule has 0 bridgehead atoms. The van der Waals surface area contributed by atoms with E-state index in [0.717, 1.165) is 12.0 Å². The van der Waals surface area contributed by atoms with Gasteiger partial charge in [-0.1, -0.05) is 13.0 Å². The largest absolute Gasteiger partial charge is 0.493 e. The molecule has 0 unspecified atom stereocenters. The van der Waals surface area contributed by atoms with E-state index in [0.29, 0.717) is 24.6 Å². The first-order chi connectivity index (χ1) is 13.6. The average Bonchev–Trinajstić information content (AvgIpc) is 2.99. The summed E-state index contributed by atoms with van der Waals surface area (Å²) in [5.41, 5.74) is 0.680. The molecule has 29 heavy (non-hydrogen) atoms. The van der Waals surface area contributed by atoms with Crippen LogP contribution >= 0.6 is 11.8 Å². The predicted molar refractivity (Wildman–Crippen MR) is 117 cm³/mol. The zero-order chi connectivity index (χ0) is 21.8. The van der Waals surface area contributed by atoms with Gasteiger partial charge in [-0.2, -0.15) is 0 Å². The Kier molecular flexibility index (Phi) is 7.68. The molecule has 3 amide bonds. The van der Waals surface area contributed by atoms with Gasteiger partial charge in [-0.3, -0.25) is 4.79 Å². The Balaban J connectivity index is 2.17. The average molecular weight is 424 g/mol. The molecule has 7 nitrogen and oxygen atoms in total. The third-order valence-electron chi connectivity index (χ3n) is 4.70. The van der Waals surface area contributed by atoms with Crippen LogP contribution < -0.4 is 14.8 Å². The third kappa shape index (κ3) is 5.72. The van der Waals surface area contributed by atoms with E-state index >= 15 is 0 Å². The molecular weight excluding hydrogens is 390 g/mol. The summed E-state index contributed by atoms with van der Waals surface area (Å²) in [6, 6.07) is 5.60. The van der Waals surface area contributed by atoms with Gasteiger partial charge in [0.1, 0.15) is 5.37 Å². The van der Waals surface area contributed by atoms with Gasteiger partial charge in [0, 0.05) is 25.7 Å². The molecule has 0 radical (unpaired) electrons. The molecule has 1 aromatic carbocycles. The lowest BCUT2D eigenvalue weighted by Crippen LogP contribution is -2.49. The van der Waals surface area contributed by atoms with Crippen LogP contribution in [0, 0.1) is 0 Å². The van der Waals surface area contributed by atoms with Crippen molar-refractivity contribution in [3.05, 3.63) is 23.8 Å².